The largest absolute Gasteiger partial charge is 0.354 e. The Morgan fingerprint density at radius 3 is 2.53 bits per heavy atom. The fraction of sp³-hybridized carbons (Fsp3) is 0.435. The van der Waals surface area contributed by atoms with Gasteiger partial charge in [-0.1, -0.05) is 36.4 Å². The van der Waals surface area contributed by atoms with Crippen molar-refractivity contribution in [1.29, 1.82) is 0 Å². The van der Waals surface area contributed by atoms with Gasteiger partial charge in [0, 0.05) is 18.5 Å². The summed E-state index contributed by atoms with van der Waals surface area (Å²) in [6, 6.07) is 15.1. The molecule has 1 saturated heterocycles. The predicted octanol–water partition coefficient (Wildman–Crippen LogP) is 3.88. The summed E-state index contributed by atoms with van der Waals surface area (Å²) in [5.74, 6) is 2.59. The highest BCUT2D eigenvalue weighted by atomic mass is 127. The van der Waals surface area contributed by atoms with Crippen molar-refractivity contribution in [1.82, 2.24) is 30.3 Å². The summed E-state index contributed by atoms with van der Waals surface area (Å²) >= 11 is 1.83. The van der Waals surface area contributed by atoms with Gasteiger partial charge in [-0.15, -0.1) is 45.5 Å². The van der Waals surface area contributed by atoms with Gasteiger partial charge in [-0.25, -0.2) is 4.99 Å². The van der Waals surface area contributed by atoms with Crippen molar-refractivity contribution in [3.05, 3.63) is 69.9 Å². The van der Waals surface area contributed by atoms with Crippen LogP contribution in [0, 0.1) is 6.92 Å². The smallest absolute Gasteiger partial charge is 0.192 e. The van der Waals surface area contributed by atoms with E-state index in [4.69, 9.17) is 4.99 Å². The summed E-state index contributed by atoms with van der Waals surface area (Å²) < 4.78 is 2.00. The first-order valence-electron chi connectivity index (χ1n) is 10.9. The third-order valence-electron chi connectivity index (χ3n) is 5.78. The van der Waals surface area contributed by atoms with Gasteiger partial charge < -0.3 is 15.2 Å². The maximum atomic E-state index is 4.85. The van der Waals surface area contributed by atoms with E-state index in [9.17, 15) is 0 Å². The molecule has 7 nitrogen and oxygen atoms in total. The van der Waals surface area contributed by atoms with Crippen LogP contribution in [-0.4, -0.2) is 45.3 Å². The molecule has 1 aliphatic heterocycles. The lowest BCUT2D eigenvalue weighted by Gasteiger charge is -2.27. The quantitative estimate of drug-likeness (QED) is 0.247. The first-order valence-corrected chi connectivity index (χ1v) is 11.8. The number of aliphatic imine (C=N–C) groups is 1. The SMILES string of the molecule is Cc1nnc(CNC(=NCc2ccccc2)NCC(c2cccs2)N2CCCC2)n1C.I. The molecule has 2 N–H and O–H groups in total. The van der Waals surface area contributed by atoms with E-state index >= 15 is 0 Å². The van der Waals surface area contributed by atoms with Crippen LogP contribution >= 0.6 is 35.3 Å². The number of nitrogens with zero attached hydrogens (tertiary/aromatic N) is 5. The number of hydrogen-bond acceptors (Lipinski definition) is 5. The van der Waals surface area contributed by atoms with Crippen molar-refractivity contribution < 1.29 is 0 Å². The number of benzene rings is 1. The fourth-order valence-corrected chi connectivity index (χ4v) is 4.69. The molecular formula is C23H32IN7S. The fourth-order valence-electron chi connectivity index (χ4n) is 3.83. The molecule has 3 aromatic rings. The Labute approximate surface area is 211 Å². The Bertz CT molecular complexity index is 966. The predicted molar refractivity (Wildman–Crippen MR) is 141 cm³/mol. The molecule has 1 fully saturated rings. The minimum atomic E-state index is 0. The number of halogens is 1. The minimum absolute atomic E-state index is 0. The van der Waals surface area contributed by atoms with Gasteiger partial charge in [0.25, 0.3) is 0 Å². The first kappa shape index (κ1) is 24.7. The van der Waals surface area contributed by atoms with E-state index in [1.807, 2.05) is 48.1 Å². The molecule has 0 radical (unpaired) electrons. The average molecular weight is 566 g/mol. The molecule has 1 unspecified atom stereocenters. The number of guanidine groups is 1. The van der Waals surface area contributed by atoms with Crippen molar-refractivity contribution in [2.45, 2.75) is 38.9 Å². The molecule has 0 amide bonds. The van der Waals surface area contributed by atoms with Crippen LogP contribution in [0.3, 0.4) is 0 Å². The summed E-state index contributed by atoms with van der Waals surface area (Å²) in [7, 11) is 1.99. The van der Waals surface area contributed by atoms with Crippen LogP contribution in [0.1, 0.15) is 41.0 Å². The number of hydrogen-bond donors (Lipinski definition) is 2. The number of thiophene rings is 1. The third kappa shape index (κ3) is 6.52. The summed E-state index contributed by atoms with van der Waals surface area (Å²) in [6.45, 7) is 6.30. The van der Waals surface area contributed by atoms with Crippen molar-refractivity contribution in [3.8, 4) is 0 Å². The van der Waals surface area contributed by atoms with Gasteiger partial charge in [-0.2, -0.15) is 0 Å². The van der Waals surface area contributed by atoms with Crippen molar-refractivity contribution >= 4 is 41.3 Å². The molecule has 32 heavy (non-hydrogen) atoms. The average Bonchev–Trinajstić information content (AvgIpc) is 3.56. The maximum absolute atomic E-state index is 4.85. The summed E-state index contributed by atoms with van der Waals surface area (Å²) in [6.07, 6.45) is 2.56. The summed E-state index contributed by atoms with van der Waals surface area (Å²) in [4.78, 5) is 8.83. The van der Waals surface area contributed by atoms with E-state index in [1.54, 1.807) is 0 Å². The Hall–Kier alpha value is -1.98. The Balaban J connectivity index is 0.00000289. The van der Waals surface area contributed by atoms with Crippen LogP contribution in [0.5, 0.6) is 0 Å². The molecule has 0 aliphatic carbocycles. The van der Waals surface area contributed by atoms with E-state index in [0.717, 1.165) is 37.2 Å². The van der Waals surface area contributed by atoms with E-state index < -0.39 is 0 Å². The lowest BCUT2D eigenvalue weighted by molar-refractivity contribution is 0.249. The van der Waals surface area contributed by atoms with Crippen molar-refractivity contribution in [3.63, 3.8) is 0 Å². The molecule has 0 saturated carbocycles. The Morgan fingerprint density at radius 2 is 1.88 bits per heavy atom. The summed E-state index contributed by atoms with van der Waals surface area (Å²) in [5, 5.41) is 17.6. The second-order valence-corrected chi connectivity index (χ2v) is 8.86. The zero-order valence-electron chi connectivity index (χ0n) is 18.7. The standard InChI is InChI=1S/C23H31N7S.HI/c1-18-27-28-22(29(18)2)17-26-23(24-15-19-9-4-3-5-10-19)25-16-20(21-11-8-14-31-21)30-12-6-7-13-30;/h3-5,8-11,14,20H,6-7,12-13,15-17H2,1-2H3,(H2,24,25,26);1H. The molecule has 1 atom stereocenters. The lowest BCUT2D eigenvalue weighted by Crippen LogP contribution is -2.42. The molecule has 172 valence electrons. The molecule has 0 spiro atoms. The van der Waals surface area contributed by atoms with Crippen LogP contribution in [0.25, 0.3) is 0 Å². The molecule has 1 aliphatic rings. The van der Waals surface area contributed by atoms with Gasteiger partial charge in [0.1, 0.15) is 5.82 Å². The topological polar surface area (TPSA) is 70.4 Å². The molecule has 1 aromatic carbocycles. The number of aromatic nitrogens is 3. The highest BCUT2D eigenvalue weighted by Crippen LogP contribution is 2.27. The Kier molecular flexibility index (Phi) is 9.49. The van der Waals surface area contributed by atoms with Gasteiger partial charge in [-0.05, 0) is 49.9 Å². The molecule has 3 heterocycles. The van der Waals surface area contributed by atoms with Crippen LogP contribution < -0.4 is 10.6 Å². The monoisotopic (exact) mass is 565 g/mol. The lowest BCUT2D eigenvalue weighted by atomic mass is 10.2. The zero-order chi connectivity index (χ0) is 21.5. The van der Waals surface area contributed by atoms with Gasteiger partial charge in [0.2, 0.25) is 0 Å². The second kappa shape index (κ2) is 12.3. The number of likely N-dealkylation sites (tertiary alicyclic amines) is 1. The maximum Gasteiger partial charge on any atom is 0.192 e. The normalized spacial score (nSPS) is 15.4. The van der Waals surface area contributed by atoms with Gasteiger partial charge in [0.05, 0.1) is 19.1 Å². The summed E-state index contributed by atoms with van der Waals surface area (Å²) in [5.41, 5.74) is 1.19. The second-order valence-electron chi connectivity index (χ2n) is 7.88. The van der Waals surface area contributed by atoms with Crippen molar-refractivity contribution in [2.75, 3.05) is 19.6 Å². The Morgan fingerprint density at radius 1 is 1.09 bits per heavy atom. The van der Waals surface area contributed by atoms with Crippen LogP contribution in [0.2, 0.25) is 0 Å². The van der Waals surface area contributed by atoms with Gasteiger partial charge in [0.15, 0.2) is 11.8 Å². The van der Waals surface area contributed by atoms with E-state index in [0.29, 0.717) is 19.1 Å². The van der Waals surface area contributed by atoms with E-state index in [2.05, 4.69) is 55.4 Å². The highest BCUT2D eigenvalue weighted by Gasteiger charge is 2.24. The van der Waals surface area contributed by atoms with Gasteiger partial charge >= 0.3 is 0 Å². The zero-order valence-corrected chi connectivity index (χ0v) is 21.8. The number of nitrogens with one attached hydrogen (secondary N) is 2. The molecule has 9 heteroatoms. The number of aryl methyl sites for hydroxylation is 1. The third-order valence-corrected chi connectivity index (χ3v) is 6.75. The molecule has 2 aromatic heterocycles. The van der Waals surface area contributed by atoms with Crippen LogP contribution in [0.4, 0.5) is 0 Å². The molecule has 4 rings (SSSR count). The van der Waals surface area contributed by atoms with E-state index in [-0.39, 0.29) is 24.0 Å². The molecule has 0 bridgehead atoms. The van der Waals surface area contributed by atoms with Crippen molar-refractivity contribution in [2.24, 2.45) is 12.0 Å². The van der Waals surface area contributed by atoms with E-state index in [1.165, 1.54) is 23.3 Å². The van der Waals surface area contributed by atoms with Crippen LogP contribution in [-0.2, 0) is 20.1 Å². The van der Waals surface area contributed by atoms with Gasteiger partial charge in [-0.3, -0.25) is 4.90 Å². The van der Waals surface area contributed by atoms with Crippen LogP contribution in [0.15, 0.2) is 52.8 Å². The first-order chi connectivity index (χ1) is 15.2. The highest BCUT2D eigenvalue weighted by molar-refractivity contribution is 14.0. The molecular weight excluding hydrogens is 533 g/mol. The number of rotatable bonds is 8. The minimum Gasteiger partial charge on any atom is -0.354 e.